The molecule has 0 atom stereocenters. The summed E-state index contributed by atoms with van der Waals surface area (Å²) in [6.45, 7) is 4.09. The van der Waals surface area contributed by atoms with E-state index in [1.54, 1.807) is 30.6 Å². The lowest BCUT2D eigenvalue weighted by atomic mass is 10.1. The summed E-state index contributed by atoms with van der Waals surface area (Å²) in [5.74, 6) is -0.607. The minimum atomic E-state index is -0.368. The molecule has 0 saturated heterocycles. The van der Waals surface area contributed by atoms with Gasteiger partial charge < -0.3 is 0 Å². The van der Waals surface area contributed by atoms with Crippen LogP contribution in [0.5, 0.6) is 0 Å². The second kappa shape index (κ2) is 8.50. The van der Waals surface area contributed by atoms with Gasteiger partial charge in [-0.1, -0.05) is 36.0 Å². The summed E-state index contributed by atoms with van der Waals surface area (Å²) in [4.78, 5) is 23.9. The van der Waals surface area contributed by atoms with Crippen LogP contribution in [0.3, 0.4) is 0 Å². The molecule has 3 rings (SSSR count). The molecule has 8 heteroatoms. The number of rotatable bonds is 5. The number of benzene rings is 2. The van der Waals surface area contributed by atoms with Gasteiger partial charge in [0.2, 0.25) is 5.91 Å². The topological polar surface area (TPSA) is 88.9 Å². The maximum absolute atomic E-state index is 12.0. The van der Waals surface area contributed by atoms with Gasteiger partial charge in [0.15, 0.2) is 5.16 Å². The Morgan fingerprint density at radius 3 is 2.56 bits per heavy atom. The molecule has 2 aromatic carbocycles. The van der Waals surface area contributed by atoms with Gasteiger partial charge in [-0.2, -0.15) is 0 Å². The number of nitrogens with one attached hydrogen (secondary N) is 2. The molecule has 0 bridgehead atoms. The number of aromatic nitrogens is 3. The highest BCUT2D eigenvalue weighted by Gasteiger charge is 2.12. The molecule has 0 aliphatic heterocycles. The highest BCUT2D eigenvalue weighted by molar-refractivity contribution is 7.99. The van der Waals surface area contributed by atoms with Crippen LogP contribution in [0.1, 0.15) is 21.5 Å². The Morgan fingerprint density at radius 1 is 1.04 bits per heavy atom. The number of carbonyl (C=O) groups is 2. The van der Waals surface area contributed by atoms with E-state index in [4.69, 9.17) is 0 Å². The second-order valence-corrected chi connectivity index (χ2v) is 6.85. The molecular formula is C19H19N5O2S. The quantitative estimate of drug-likeness (QED) is 0.523. The molecule has 0 fully saturated rings. The Kier molecular flexibility index (Phi) is 5.87. The molecule has 1 aromatic heterocycles. The third-order valence-electron chi connectivity index (χ3n) is 3.97. The highest BCUT2D eigenvalue weighted by Crippen LogP contribution is 2.21. The normalized spacial score (nSPS) is 10.4. The monoisotopic (exact) mass is 381 g/mol. The molecule has 0 saturated carbocycles. The number of carbonyl (C=O) groups excluding carboxylic acids is 2. The molecule has 0 aliphatic rings. The fourth-order valence-electron chi connectivity index (χ4n) is 2.33. The van der Waals surface area contributed by atoms with Crippen molar-refractivity contribution in [3.05, 3.63) is 71.5 Å². The molecule has 3 aromatic rings. The maximum Gasteiger partial charge on any atom is 0.269 e. The van der Waals surface area contributed by atoms with Crippen molar-refractivity contribution < 1.29 is 9.59 Å². The molecule has 2 N–H and O–H groups in total. The van der Waals surface area contributed by atoms with Gasteiger partial charge in [0.25, 0.3) is 5.91 Å². The average molecular weight is 381 g/mol. The molecule has 0 radical (unpaired) electrons. The number of hydrogen-bond donors (Lipinski definition) is 2. The summed E-state index contributed by atoms with van der Waals surface area (Å²) in [7, 11) is 0. The van der Waals surface area contributed by atoms with E-state index in [0.717, 1.165) is 5.69 Å². The van der Waals surface area contributed by atoms with Gasteiger partial charge in [0.1, 0.15) is 6.33 Å². The van der Waals surface area contributed by atoms with Crippen molar-refractivity contribution in [3.63, 3.8) is 0 Å². The number of nitrogens with zero attached hydrogens (tertiary/aromatic N) is 3. The summed E-state index contributed by atoms with van der Waals surface area (Å²) in [5.41, 5.74) is 8.57. The second-order valence-electron chi connectivity index (χ2n) is 5.91. The molecular weight excluding hydrogens is 362 g/mol. The first kappa shape index (κ1) is 18.7. The maximum atomic E-state index is 12.0. The Balaban J connectivity index is 1.56. The van der Waals surface area contributed by atoms with Crippen molar-refractivity contribution in [1.82, 2.24) is 25.6 Å². The summed E-state index contributed by atoms with van der Waals surface area (Å²) in [5, 5.41) is 8.60. The lowest BCUT2D eigenvalue weighted by Crippen LogP contribution is -2.42. The lowest BCUT2D eigenvalue weighted by molar-refractivity contribution is -0.119. The van der Waals surface area contributed by atoms with Crippen molar-refractivity contribution >= 4 is 23.6 Å². The first-order valence-electron chi connectivity index (χ1n) is 8.29. The first-order chi connectivity index (χ1) is 13.0. The summed E-state index contributed by atoms with van der Waals surface area (Å²) in [6.07, 6.45) is 1.61. The largest absolute Gasteiger partial charge is 0.277 e. The summed E-state index contributed by atoms with van der Waals surface area (Å²) in [6, 6.07) is 14.7. The van der Waals surface area contributed by atoms with Crippen LogP contribution in [0.15, 0.2) is 60.0 Å². The molecule has 7 nitrogen and oxygen atoms in total. The van der Waals surface area contributed by atoms with E-state index < -0.39 is 0 Å². The first-order valence-corrected chi connectivity index (χ1v) is 9.28. The molecule has 138 valence electrons. The Hall–Kier alpha value is -3.13. The van der Waals surface area contributed by atoms with Crippen LogP contribution in [0.4, 0.5) is 0 Å². The van der Waals surface area contributed by atoms with E-state index in [-0.39, 0.29) is 17.6 Å². The molecule has 2 amide bonds. The average Bonchev–Trinajstić information content (AvgIpc) is 3.16. The van der Waals surface area contributed by atoms with E-state index in [9.17, 15) is 9.59 Å². The van der Waals surface area contributed by atoms with Gasteiger partial charge in [0, 0.05) is 11.3 Å². The summed E-state index contributed by atoms with van der Waals surface area (Å²) < 4.78 is 1.83. The van der Waals surface area contributed by atoms with E-state index >= 15 is 0 Å². The third kappa shape index (κ3) is 4.73. The van der Waals surface area contributed by atoms with E-state index in [1.165, 1.54) is 22.9 Å². The van der Waals surface area contributed by atoms with Gasteiger partial charge in [-0.3, -0.25) is 25.0 Å². The van der Waals surface area contributed by atoms with Crippen molar-refractivity contribution in [1.29, 1.82) is 0 Å². The predicted octanol–water partition coefficient (Wildman–Crippen LogP) is 2.44. The molecule has 27 heavy (non-hydrogen) atoms. The van der Waals surface area contributed by atoms with Crippen LogP contribution >= 0.6 is 11.8 Å². The van der Waals surface area contributed by atoms with Crippen molar-refractivity contribution in [2.75, 3.05) is 5.75 Å². The van der Waals surface area contributed by atoms with Crippen molar-refractivity contribution in [3.8, 4) is 5.69 Å². The molecule has 0 spiro atoms. The fraction of sp³-hybridized carbons (Fsp3) is 0.158. The van der Waals surface area contributed by atoms with Gasteiger partial charge in [-0.05, 0) is 49.2 Å². The Bertz CT molecular complexity index is 956. The molecule has 1 heterocycles. The lowest BCUT2D eigenvalue weighted by Gasteiger charge is -2.09. The van der Waals surface area contributed by atoms with Crippen LogP contribution < -0.4 is 10.9 Å². The van der Waals surface area contributed by atoms with Crippen molar-refractivity contribution in [2.45, 2.75) is 19.0 Å². The van der Waals surface area contributed by atoms with Crippen LogP contribution in [-0.2, 0) is 4.79 Å². The summed E-state index contributed by atoms with van der Waals surface area (Å²) >= 11 is 1.24. The van der Waals surface area contributed by atoms with Crippen LogP contribution in [0, 0.1) is 13.8 Å². The van der Waals surface area contributed by atoms with Crippen LogP contribution in [-0.4, -0.2) is 32.3 Å². The van der Waals surface area contributed by atoms with Gasteiger partial charge in [-0.25, -0.2) is 0 Å². The number of aryl methyl sites for hydroxylation is 2. The zero-order valence-electron chi connectivity index (χ0n) is 15.0. The Morgan fingerprint density at radius 2 is 1.81 bits per heavy atom. The van der Waals surface area contributed by atoms with E-state index in [1.807, 2.05) is 35.8 Å². The SMILES string of the molecule is Cc1ccc(-n2cnnc2SCC(=O)NNC(=O)c2ccccc2)cc1C. The van der Waals surface area contributed by atoms with Crippen LogP contribution in [0.2, 0.25) is 0 Å². The number of hydrogen-bond acceptors (Lipinski definition) is 5. The van der Waals surface area contributed by atoms with Gasteiger partial charge >= 0.3 is 0 Å². The van der Waals surface area contributed by atoms with E-state index in [0.29, 0.717) is 10.7 Å². The van der Waals surface area contributed by atoms with E-state index in [2.05, 4.69) is 28.0 Å². The van der Waals surface area contributed by atoms with Crippen LogP contribution in [0.25, 0.3) is 5.69 Å². The van der Waals surface area contributed by atoms with Gasteiger partial charge in [-0.15, -0.1) is 10.2 Å². The fourth-order valence-corrected chi connectivity index (χ4v) is 3.06. The number of amides is 2. The number of thioether (sulfide) groups is 1. The molecule has 0 unspecified atom stereocenters. The van der Waals surface area contributed by atoms with Gasteiger partial charge in [0.05, 0.1) is 5.75 Å². The minimum absolute atomic E-state index is 0.0958. The highest BCUT2D eigenvalue weighted by atomic mass is 32.2. The smallest absolute Gasteiger partial charge is 0.269 e. The van der Waals surface area contributed by atoms with Crippen molar-refractivity contribution in [2.24, 2.45) is 0 Å². The number of hydrazine groups is 1. The standard InChI is InChI=1S/C19H19N5O2S/c1-13-8-9-16(10-14(13)2)24-12-20-23-19(24)27-11-17(25)21-22-18(26)15-6-4-3-5-7-15/h3-10,12H,11H2,1-2H3,(H,21,25)(H,22,26). The zero-order valence-corrected chi connectivity index (χ0v) is 15.8. The minimum Gasteiger partial charge on any atom is -0.277 e. The third-order valence-corrected chi connectivity index (χ3v) is 4.91. The zero-order chi connectivity index (χ0) is 19.2. The Labute approximate surface area is 161 Å². The predicted molar refractivity (Wildman–Crippen MR) is 104 cm³/mol. The molecule has 0 aliphatic carbocycles.